The van der Waals surface area contributed by atoms with E-state index in [-0.39, 0.29) is 5.02 Å². The fraction of sp³-hybridized carbons (Fsp3) is 0.133. The number of halogens is 2. The summed E-state index contributed by atoms with van der Waals surface area (Å²) < 4.78 is 15.3. The van der Waals surface area contributed by atoms with Gasteiger partial charge in [0, 0.05) is 12.2 Å². The van der Waals surface area contributed by atoms with Gasteiger partial charge in [0.05, 0.1) is 15.2 Å². The second-order valence-corrected chi connectivity index (χ2v) is 6.96. The van der Waals surface area contributed by atoms with Crippen LogP contribution in [0.3, 0.4) is 0 Å². The fourth-order valence-corrected chi connectivity index (χ4v) is 3.69. The van der Waals surface area contributed by atoms with Gasteiger partial charge in [-0.1, -0.05) is 29.4 Å². The maximum Gasteiger partial charge on any atom is 0.150 e. The van der Waals surface area contributed by atoms with E-state index < -0.39 is 5.82 Å². The van der Waals surface area contributed by atoms with Crippen LogP contribution in [0.4, 0.5) is 10.1 Å². The average molecular weight is 339 g/mol. The molecule has 0 spiro atoms. The van der Waals surface area contributed by atoms with Gasteiger partial charge in [0.25, 0.3) is 0 Å². The van der Waals surface area contributed by atoms with Crippen LogP contribution in [-0.4, -0.2) is 11.2 Å². The van der Waals surface area contributed by atoms with Crippen molar-refractivity contribution in [3.63, 3.8) is 0 Å². The molecule has 0 saturated carbocycles. The number of thiazole rings is 1. The molecule has 0 aliphatic carbocycles. The number of anilines is 1. The zero-order valence-electron chi connectivity index (χ0n) is 11.2. The summed E-state index contributed by atoms with van der Waals surface area (Å²) >= 11 is 9.11. The van der Waals surface area contributed by atoms with Gasteiger partial charge in [-0.3, -0.25) is 0 Å². The highest BCUT2D eigenvalue weighted by Crippen LogP contribution is 2.30. The van der Waals surface area contributed by atoms with Crippen molar-refractivity contribution < 1.29 is 4.39 Å². The molecule has 21 heavy (non-hydrogen) atoms. The number of nitrogens with zero attached hydrogens (tertiary/aromatic N) is 1. The number of hydrogen-bond acceptors (Lipinski definition) is 4. The Morgan fingerprint density at radius 3 is 2.90 bits per heavy atom. The first-order valence-corrected chi connectivity index (χ1v) is 8.70. The van der Waals surface area contributed by atoms with E-state index in [0.717, 1.165) is 25.8 Å². The molecule has 0 unspecified atom stereocenters. The van der Waals surface area contributed by atoms with Gasteiger partial charge in [0.1, 0.15) is 5.82 Å². The maximum absolute atomic E-state index is 13.1. The molecule has 1 aromatic heterocycles. The van der Waals surface area contributed by atoms with Gasteiger partial charge in [-0.15, -0.1) is 11.3 Å². The number of benzene rings is 2. The van der Waals surface area contributed by atoms with Crippen molar-refractivity contribution in [3.05, 3.63) is 52.8 Å². The SMILES string of the molecule is CSc1nc2ccc(NCc3ccc(F)c(Cl)c3)cc2s1. The predicted octanol–water partition coefficient (Wildman–Crippen LogP) is 5.42. The summed E-state index contributed by atoms with van der Waals surface area (Å²) in [6, 6.07) is 10.8. The number of aromatic nitrogens is 1. The monoisotopic (exact) mass is 338 g/mol. The maximum atomic E-state index is 13.1. The molecule has 0 radical (unpaired) electrons. The lowest BCUT2D eigenvalue weighted by molar-refractivity contribution is 0.627. The van der Waals surface area contributed by atoms with Crippen molar-refractivity contribution in [2.45, 2.75) is 10.9 Å². The summed E-state index contributed by atoms with van der Waals surface area (Å²) in [6.45, 7) is 0.597. The minimum atomic E-state index is -0.393. The van der Waals surface area contributed by atoms with Crippen LogP contribution < -0.4 is 5.32 Å². The molecule has 6 heteroatoms. The number of thioether (sulfide) groups is 1. The van der Waals surface area contributed by atoms with Crippen LogP contribution in [0.2, 0.25) is 5.02 Å². The van der Waals surface area contributed by atoms with Crippen LogP contribution in [0.1, 0.15) is 5.56 Å². The van der Waals surface area contributed by atoms with E-state index >= 15 is 0 Å². The Bertz CT molecular complexity index is 788. The van der Waals surface area contributed by atoms with Gasteiger partial charge < -0.3 is 5.32 Å². The highest BCUT2D eigenvalue weighted by Gasteiger charge is 2.05. The van der Waals surface area contributed by atoms with Crippen molar-refractivity contribution in [2.75, 3.05) is 11.6 Å². The average Bonchev–Trinajstić information content (AvgIpc) is 2.90. The first-order valence-electron chi connectivity index (χ1n) is 6.28. The summed E-state index contributed by atoms with van der Waals surface area (Å²) in [7, 11) is 0. The minimum absolute atomic E-state index is 0.150. The van der Waals surface area contributed by atoms with Gasteiger partial charge in [-0.25, -0.2) is 9.37 Å². The molecular formula is C15H12ClFN2S2. The normalized spacial score (nSPS) is 11.0. The highest BCUT2D eigenvalue weighted by molar-refractivity contribution is 8.00. The largest absolute Gasteiger partial charge is 0.381 e. The molecule has 0 fully saturated rings. The molecule has 108 valence electrons. The summed E-state index contributed by atoms with van der Waals surface area (Å²) in [5.41, 5.74) is 2.97. The first kappa shape index (κ1) is 14.6. The van der Waals surface area contributed by atoms with Gasteiger partial charge in [-0.05, 0) is 42.2 Å². The smallest absolute Gasteiger partial charge is 0.150 e. The summed E-state index contributed by atoms with van der Waals surface area (Å²) in [6.07, 6.45) is 2.02. The van der Waals surface area contributed by atoms with E-state index in [2.05, 4.69) is 16.4 Å². The lowest BCUT2D eigenvalue weighted by Gasteiger charge is -2.07. The van der Waals surface area contributed by atoms with Crippen molar-refractivity contribution in [3.8, 4) is 0 Å². The second kappa shape index (κ2) is 6.22. The Labute approximate surface area is 135 Å². The summed E-state index contributed by atoms with van der Waals surface area (Å²) in [5, 5.41) is 3.47. The molecule has 0 atom stereocenters. The Kier molecular flexibility index (Phi) is 4.33. The second-order valence-electron chi connectivity index (χ2n) is 4.47. The molecule has 0 aliphatic rings. The van der Waals surface area contributed by atoms with Crippen molar-refractivity contribution in [2.24, 2.45) is 0 Å². The molecular weight excluding hydrogens is 327 g/mol. The van der Waals surface area contributed by atoms with E-state index in [4.69, 9.17) is 11.6 Å². The van der Waals surface area contributed by atoms with E-state index in [1.165, 1.54) is 6.07 Å². The van der Waals surface area contributed by atoms with Crippen LogP contribution in [0, 0.1) is 5.82 Å². The van der Waals surface area contributed by atoms with Crippen LogP contribution in [0.5, 0.6) is 0 Å². The molecule has 0 amide bonds. The third-order valence-corrected chi connectivity index (χ3v) is 5.32. The number of rotatable bonds is 4. The van der Waals surface area contributed by atoms with Gasteiger partial charge in [0.15, 0.2) is 4.34 Å². The topological polar surface area (TPSA) is 24.9 Å². The lowest BCUT2D eigenvalue weighted by Crippen LogP contribution is -1.99. The molecule has 1 N–H and O–H groups in total. The number of fused-ring (bicyclic) bond motifs is 1. The van der Waals surface area contributed by atoms with Crippen LogP contribution in [0.25, 0.3) is 10.2 Å². The molecule has 3 aromatic rings. The predicted molar refractivity (Wildman–Crippen MR) is 90.1 cm³/mol. The van der Waals surface area contributed by atoms with E-state index in [1.54, 1.807) is 35.2 Å². The highest BCUT2D eigenvalue weighted by atomic mass is 35.5. The van der Waals surface area contributed by atoms with E-state index in [9.17, 15) is 4.39 Å². The number of hydrogen-bond donors (Lipinski definition) is 1. The van der Waals surface area contributed by atoms with E-state index in [0.29, 0.717) is 6.54 Å². The molecule has 0 aliphatic heterocycles. The minimum Gasteiger partial charge on any atom is -0.381 e. The van der Waals surface area contributed by atoms with Crippen molar-refractivity contribution in [1.29, 1.82) is 0 Å². The quantitative estimate of drug-likeness (QED) is 0.643. The third-order valence-electron chi connectivity index (χ3n) is 3.02. The Hall–Kier alpha value is -1.30. The summed E-state index contributed by atoms with van der Waals surface area (Å²) in [4.78, 5) is 4.51. The lowest BCUT2D eigenvalue weighted by atomic mass is 10.2. The zero-order chi connectivity index (χ0) is 14.8. The molecule has 2 nitrogen and oxygen atoms in total. The zero-order valence-corrected chi connectivity index (χ0v) is 13.6. The molecule has 3 rings (SSSR count). The van der Waals surface area contributed by atoms with Crippen LogP contribution >= 0.6 is 34.7 Å². The molecule has 1 heterocycles. The van der Waals surface area contributed by atoms with Gasteiger partial charge in [0.2, 0.25) is 0 Å². The summed E-state index contributed by atoms with van der Waals surface area (Å²) in [5.74, 6) is -0.393. The molecule has 0 saturated heterocycles. The van der Waals surface area contributed by atoms with E-state index in [1.807, 2.05) is 18.4 Å². The fourth-order valence-electron chi connectivity index (χ4n) is 1.95. The van der Waals surface area contributed by atoms with Crippen molar-refractivity contribution >= 4 is 50.6 Å². The third kappa shape index (κ3) is 3.31. The van der Waals surface area contributed by atoms with Crippen molar-refractivity contribution in [1.82, 2.24) is 4.98 Å². The van der Waals surface area contributed by atoms with Crippen LogP contribution in [-0.2, 0) is 6.54 Å². The Morgan fingerprint density at radius 2 is 2.14 bits per heavy atom. The number of nitrogens with one attached hydrogen (secondary N) is 1. The Morgan fingerprint density at radius 1 is 1.29 bits per heavy atom. The standard InChI is InChI=1S/C15H12ClFN2S2/c1-20-15-19-13-5-3-10(7-14(13)21-15)18-8-9-2-4-12(17)11(16)6-9/h2-7,18H,8H2,1H3. The molecule has 2 aromatic carbocycles. The molecule has 0 bridgehead atoms. The Balaban J connectivity index is 1.76. The van der Waals surface area contributed by atoms with Gasteiger partial charge >= 0.3 is 0 Å². The first-order chi connectivity index (χ1) is 10.2. The van der Waals surface area contributed by atoms with Crippen LogP contribution in [0.15, 0.2) is 40.7 Å². The van der Waals surface area contributed by atoms with Gasteiger partial charge in [-0.2, -0.15) is 0 Å².